The minimum Gasteiger partial charge on any atom is -0.344 e. The number of alkyl halides is 1. The van der Waals surface area contributed by atoms with Crippen LogP contribution in [0, 0.1) is 4.91 Å². The first kappa shape index (κ1) is 14.2. The molecule has 0 aliphatic carbocycles. The zero-order valence-electron chi connectivity index (χ0n) is 11.3. The zero-order chi connectivity index (χ0) is 14.7. The monoisotopic (exact) mass is 303 g/mol. The highest BCUT2D eigenvalue weighted by atomic mass is 35.5. The molecule has 0 saturated heterocycles. The molecule has 0 spiro atoms. The molecule has 2 aromatic carbocycles. The molecule has 21 heavy (non-hydrogen) atoms. The van der Waals surface area contributed by atoms with Gasteiger partial charge in [-0.3, -0.25) is 0 Å². The van der Waals surface area contributed by atoms with Gasteiger partial charge in [0, 0.05) is 11.4 Å². The molecular formula is C16H14ClNO3. The number of fused-ring (bicyclic) bond motifs is 1. The summed E-state index contributed by atoms with van der Waals surface area (Å²) < 4.78 is 11.6. The number of hydrogen-bond acceptors (Lipinski definition) is 4. The van der Waals surface area contributed by atoms with E-state index in [1.54, 1.807) is 24.3 Å². The minimum absolute atomic E-state index is 0.391. The summed E-state index contributed by atoms with van der Waals surface area (Å²) in [5, 5.41) is 2.88. The van der Waals surface area contributed by atoms with E-state index in [0.29, 0.717) is 24.8 Å². The maximum absolute atomic E-state index is 10.4. The lowest BCUT2D eigenvalue weighted by atomic mass is 10.1. The van der Waals surface area contributed by atoms with Gasteiger partial charge in [-0.1, -0.05) is 30.3 Å². The lowest BCUT2D eigenvalue weighted by molar-refractivity contribution is -0.153. The lowest BCUT2D eigenvalue weighted by Gasteiger charge is -2.15. The lowest BCUT2D eigenvalue weighted by Crippen LogP contribution is -2.05. The molecule has 3 rings (SSSR count). The molecule has 4 nitrogen and oxygen atoms in total. The third-order valence-electron chi connectivity index (χ3n) is 3.48. The molecule has 1 aliphatic heterocycles. The van der Waals surface area contributed by atoms with Crippen LogP contribution in [-0.2, 0) is 28.6 Å². The Morgan fingerprint density at radius 2 is 1.76 bits per heavy atom. The van der Waals surface area contributed by atoms with E-state index in [2.05, 4.69) is 5.18 Å². The molecule has 0 saturated carbocycles. The summed E-state index contributed by atoms with van der Waals surface area (Å²) in [5.74, 6) is 0.484. The summed E-state index contributed by atoms with van der Waals surface area (Å²) in [6, 6.07) is 13.0. The fourth-order valence-corrected chi connectivity index (χ4v) is 2.47. The number of hydrogen-bond donors (Lipinski definition) is 0. The van der Waals surface area contributed by atoms with Gasteiger partial charge >= 0.3 is 0 Å². The number of nitrogens with zero attached hydrogens (tertiary/aromatic N) is 1. The molecule has 1 heterocycles. The van der Waals surface area contributed by atoms with Gasteiger partial charge in [0.1, 0.15) is 5.69 Å². The zero-order valence-corrected chi connectivity index (χ0v) is 12.0. The van der Waals surface area contributed by atoms with Crippen molar-refractivity contribution in [1.29, 1.82) is 0 Å². The third kappa shape index (κ3) is 3.13. The molecular weight excluding hydrogens is 290 g/mol. The second-order valence-corrected chi connectivity index (χ2v) is 5.14. The molecule has 1 atom stereocenters. The maximum atomic E-state index is 10.4. The first-order valence-electron chi connectivity index (χ1n) is 6.63. The van der Waals surface area contributed by atoms with Crippen LogP contribution in [0.3, 0.4) is 0 Å². The summed E-state index contributed by atoms with van der Waals surface area (Å²) in [7, 11) is 0. The van der Waals surface area contributed by atoms with Gasteiger partial charge in [0.25, 0.3) is 0 Å². The van der Waals surface area contributed by atoms with Crippen molar-refractivity contribution in [3.63, 3.8) is 0 Å². The summed E-state index contributed by atoms with van der Waals surface area (Å²) >= 11 is 5.86. The number of benzene rings is 2. The average molecular weight is 304 g/mol. The third-order valence-corrected chi connectivity index (χ3v) is 3.78. The van der Waals surface area contributed by atoms with Crippen LogP contribution < -0.4 is 0 Å². The van der Waals surface area contributed by atoms with Crippen LogP contribution in [-0.4, -0.2) is 0 Å². The summed E-state index contributed by atoms with van der Waals surface area (Å²) in [4.78, 5) is 10.4. The normalized spacial score (nSPS) is 17.9. The van der Waals surface area contributed by atoms with Gasteiger partial charge in [-0.25, -0.2) is 0 Å². The molecule has 2 aromatic rings. The van der Waals surface area contributed by atoms with Crippen molar-refractivity contribution in [2.75, 3.05) is 0 Å². The predicted molar refractivity (Wildman–Crippen MR) is 80.2 cm³/mol. The molecule has 108 valence electrons. The predicted octanol–water partition coefficient (Wildman–Crippen LogP) is 4.57. The number of rotatable bonds is 3. The standard InChI is InChI=1S/C16H14ClNO3/c17-8-11-1-2-13-9-20-16(21-10-14(13)7-11)12-3-5-15(18-19)6-4-12/h1-7,16H,8-10H2. The largest absolute Gasteiger partial charge is 0.344 e. The Balaban J connectivity index is 1.78. The molecule has 0 N–H and O–H groups in total. The summed E-state index contributed by atoms with van der Waals surface area (Å²) in [5.41, 5.74) is 4.54. The Hall–Kier alpha value is -1.75. The van der Waals surface area contributed by atoms with E-state index in [1.807, 2.05) is 18.2 Å². The minimum atomic E-state index is -0.447. The van der Waals surface area contributed by atoms with Crippen molar-refractivity contribution in [3.8, 4) is 0 Å². The molecule has 0 radical (unpaired) electrons. The van der Waals surface area contributed by atoms with E-state index in [4.69, 9.17) is 21.1 Å². The van der Waals surface area contributed by atoms with Crippen molar-refractivity contribution in [3.05, 3.63) is 69.6 Å². The molecule has 0 amide bonds. The maximum Gasteiger partial charge on any atom is 0.184 e. The molecule has 0 aromatic heterocycles. The number of halogens is 1. The van der Waals surface area contributed by atoms with Gasteiger partial charge in [-0.15, -0.1) is 16.5 Å². The van der Waals surface area contributed by atoms with E-state index in [0.717, 1.165) is 22.3 Å². The number of ether oxygens (including phenoxy) is 2. The van der Waals surface area contributed by atoms with Gasteiger partial charge in [0.15, 0.2) is 6.29 Å². The summed E-state index contributed by atoms with van der Waals surface area (Å²) in [6.45, 7) is 0.953. The topological polar surface area (TPSA) is 47.9 Å². The van der Waals surface area contributed by atoms with Gasteiger partial charge in [0.05, 0.1) is 13.2 Å². The Kier molecular flexibility index (Phi) is 4.29. The van der Waals surface area contributed by atoms with Crippen LogP contribution >= 0.6 is 11.6 Å². The Morgan fingerprint density at radius 1 is 1.05 bits per heavy atom. The Morgan fingerprint density at radius 3 is 2.43 bits per heavy atom. The fraction of sp³-hybridized carbons (Fsp3) is 0.250. The first-order valence-corrected chi connectivity index (χ1v) is 7.17. The van der Waals surface area contributed by atoms with E-state index in [-0.39, 0.29) is 0 Å². The van der Waals surface area contributed by atoms with Crippen LogP contribution in [0.1, 0.15) is 28.5 Å². The van der Waals surface area contributed by atoms with Crippen LogP contribution in [0.5, 0.6) is 0 Å². The van der Waals surface area contributed by atoms with Gasteiger partial charge < -0.3 is 9.47 Å². The van der Waals surface area contributed by atoms with Crippen LogP contribution in [0.4, 0.5) is 5.69 Å². The van der Waals surface area contributed by atoms with Crippen molar-refractivity contribution in [1.82, 2.24) is 0 Å². The van der Waals surface area contributed by atoms with E-state index >= 15 is 0 Å². The van der Waals surface area contributed by atoms with Gasteiger partial charge in [-0.2, -0.15) is 0 Å². The van der Waals surface area contributed by atoms with Crippen molar-refractivity contribution >= 4 is 17.3 Å². The van der Waals surface area contributed by atoms with Crippen LogP contribution in [0.15, 0.2) is 47.6 Å². The molecule has 0 bridgehead atoms. The smallest absolute Gasteiger partial charge is 0.184 e. The quantitative estimate of drug-likeness (QED) is 0.616. The van der Waals surface area contributed by atoms with E-state index in [1.165, 1.54) is 0 Å². The van der Waals surface area contributed by atoms with Crippen molar-refractivity contribution in [2.45, 2.75) is 25.4 Å². The highest BCUT2D eigenvalue weighted by Gasteiger charge is 2.19. The second-order valence-electron chi connectivity index (χ2n) is 4.87. The van der Waals surface area contributed by atoms with Crippen LogP contribution in [0.2, 0.25) is 0 Å². The van der Waals surface area contributed by atoms with E-state index < -0.39 is 6.29 Å². The second kappa shape index (κ2) is 6.35. The molecule has 1 aliphatic rings. The van der Waals surface area contributed by atoms with Gasteiger partial charge in [0.2, 0.25) is 0 Å². The highest BCUT2D eigenvalue weighted by molar-refractivity contribution is 6.17. The molecule has 5 heteroatoms. The Labute approximate surface area is 127 Å². The molecule has 0 fully saturated rings. The van der Waals surface area contributed by atoms with Crippen molar-refractivity contribution < 1.29 is 9.47 Å². The molecule has 1 unspecified atom stereocenters. The Bertz CT molecular complexity index is 642. The fourth-order valence-electron chi connectivity index (χ4n) is 2.30. The van der Waals surface area contributed by atoms with Crippen LogP contribution in [0.25, 0.3) is 0 Å². The van der Waals surface area contributed by atoms with Gasteiger partial charge in [-0.05, 0) is 34.0 Å². The average Bonchev–Trinajstić information content (AvgIpc) is 2.76. The first-order chi connectivity index (χ1) is 10.3. The summed E-state index contributed by atoms with van der Waals surface area (Å²) in [6.07, 6.45) is -0.447. The van der Waals surface area contributed by atoms with Crippen molar-refractivity contribution in [2.24, 2.45) is 5.18 Å². The highest BCUT2D eigenvalue weighted by Crippen LogP contribution is 2.29. The van der Waals surface area contributed by atoms with E-state index in [9.17, 15) is 4.91 Å². The number of nitroso groups, excluding NO2 is 1. The SMILES string of the molecule is O=Nc1ccc(C2OCc3ccc(CCl)cc3CO2)cc1.